The Hall–Kier alpha value is -1.13. The summed E-state index contributed by atoms with van der Waals surface area (Å²) in [6.07, 6.45) is 15.3. The van der Waals surface area contributed by atoms with E-state index >= 15 is 0 Å². The van der Waals surface area contributed by atoms with Crippen LogP contribution in [0.3, 0.4) is 0 Å². The molecule has 3 aliphatic carbocycles. The fourth-order valence-electron chi connectivity index (χ4n) is 6.87. The van der Waals surface area contributed by atoms with Gasteiger partial charge < -0.3 is 4.74 Å². The lowest BCUT2D eigenvalue weighted by Crippen LogP contribution is -2.52. The standard InChI is InChI=1S/C25H38N2O2/c1-18-7-6-10-25(2)16-23-20(15-22(18)25)21(24(28)29-23)17-26-11-13-27(14-12-26)19-8-4-3-5-9-19/h7,15,19-21,23H,3-6,8-14,16-17H2,1-2H3/t20-,21+,23-,25-/m1/s1. The molecular weight excluding hydrogens is 360 g/mol. The van der Waals surface area contributed by atoms with E-state index in [9.17, 15) is 4.79 Å². The van der Waals surface area contributed by atoms with Crippen LogP contribution in [0.1, 0.15) is 65.2 Å². The van der Waals surface area contributed by atoms with Crippen LogP contribution < -0.4 is 0 Å². The summed E-state index contributed by atoms with van der Waals surface area (Å²) in [7, 11) is 0. The van der Waals surface area contributed by atoms with Crippen LogP contribution in [0.15, 0.2) is 23.3 Å². The number of hydrogen-bond acceptors (Lipinski definition) is 4. The number of piperazine rings is 1. The molecule has 3 fully saturated rings. The topological polar surface area (TPSA) is 32.8 Å². The minimum atomic E-state index is 0.0213. The Morgan fingerprint density at radius 2 is 1.90 bits per heavy atom. The highest BCUT2D eigenvalue weighted by atomic mass is 16.6. The molecule has 4 heteroatoms. The van der Waals surface area contributed by atoms with E-state index in [1.165, 1.54) is 62.8 Å². The predicted octanol–water partition coefficient (Wildman–Crippen LogP) is 4.17. The molecule has 0 radical (unpaired) electrons. The summed E-state index contributed by atoms with van der Waals surface area (Å²) in [5.74, 6) is 0.340. The maximum atomic E-state index is 12.8. The Balaban J connectivity index is 1.24. The van der Waals surface area contributed by atoms with Gasteiger partial charge in [-0.2, -0.15) is 0 Å². The molecule has 0 aromatic rings. The van der Waals surface area contributed by atoms with Crippen molar-refractivity contribution in [2.45, 2.75) is 77.4 Å². The fourth-order valence-corrected chi connectivity index (χ4v) is 6.87. The Morgan fingerprint density at radius 1 is 1.14 bits per heavy atom. The number of esters is 1. The van der Waals surface area contributed by atoms with Crippen molar-refractivity contribution < 1.29 is 9.53 Å². The summed E-state index contributed by atoms with van der Waals surface area (Å²) >= 11 is 0. The summed E-state index contributed by atoms with van der Waals surface area (Å²) < 4.78 is 5.95. The van der Waals surface area contributed by atoms with Crippen LogP contribution in [-0.4, -0.2) is 60.6 Å². The molecule has 4 nitrogen and oxygen atoms in total. The Labute approximate surface area is 176 Å². The second kappa shape index (κ2) is 7.85. The number of fused-ring (bicyclic) bond motifs is 2. The molecule has 0 N–H and O–H groups in total. The molecule has 0 spiro atoms. The van der Waals surface area contributed by atoms with Gasteiger partial charge in [-0.15, -0.1) is 0 Å². The van der Waals surface area contributed by atoms with Gasteiger partial charge in [-0.3, -0.25) is 14.6 Å². The van der Waals surface area contributed by atoms with Gasteiger partial charge in [-0.1, -0.05) is 43.9 Å². The number of rotatable bonds is 3. The summed E-state index contributed by atoms with van der Waals surface area (Å²) in [6, 6.07) is 0.813. The van der Waals surface area contributed by atoms with Crippen LogP contribution in [0.4, 0.5) is 0 Å². The number of nitrogens with zero attached hydrogens (tertiary/aromatic N) is 2. The average Bonchev–Trinajstić information content (AvgIpc) is 3.01. The van der Waals surface area contributed by atoms with Gasteiger partial charge in [0.2, 0.25) is 0 Å². The largest absolute Gasteiger partial charge is 0.461 e. The Morgan fingerprint density at radius 3 is 2.66 bits per heavy atom. The van der Waals surface area contributed by atoms with E-state index in [0.717, 1.165) is 38.5 Å². The highest BCUT2D eigenvalue weighted by molar-refractivity contribution is 5.76. The Kier molecular flexibility index (Phi) is 5.36. The summed E-state index contributed by atoms with van der Waals surface area (Å²) in [5, 5.41) is 0. The van der Waals surface area contributed by atoms with E-state index in [1.807, 2.05) is 0 Å². The molecule has 5 rings (SSSR count). The zero-order valence-electron chi connectivity index (χ0n) is 18.4. The van der Waals surface area contributed by atoms with E-state index in [-0.39, 0.29) is 29.3 Å². The number of ether oxygens (including phenoxy) is 1. The summed E-state index contributed by atoms with van der Waals surface area (Å²) in [6.45, 7) is 10.0. The predicted molar refractivity (Wildman–Crippen MR) is 116 cm³/mol. The minimum absolute atomic E-state index is 0.0213. The van der Waals surface area contributed by atoms with Gasteiger partial charge in [0.25, 0.3) is 0 Å². The van der Waals surface area contributed by atoms with Crippen LogP contribution >= 0.6 is 0 Å². The smallest absolute Gasteiger partial charge is 0.311 e. The van der Waals surface area contributed by atoms with Crippen LogP contribution in [0.25, 0.3) is 0 Å². The molecule has 0 aromatic carbocycles. The van der Waals surface area contributed by atoms with E-state index in [1.54, 1.807) is 0 Å². The van der Waals surface area contributed by atoms with Crippen LogP contribution in [0.5, 0.6) is 0 Å². The minimum Gasteiger partial charge on any atom is -0.461 e. The molecule has 0 amide bonds. The maximum Gasteiger partial charge on any atom is 0.311 e. The molecule has 29 heavy (non-hydrogen) atoms. The van der Waals surface area contributed by atoms with Crippen molar-refractivity contribution in [3.63, 3.8) is 0 Å². The molecule has 0 aromatic heterocycles. The number of allylic oxidation sites excluding steroid dienone is 3. The molecule has 5 aliphatic rings. The highest BCUT2D eigenvalue weighted by Crippen LogP contribution is 2.52. The first-order valence-electron chi connectivity index (χ1n) is 12.1. The van der Waals surface area contributed by atoms with E-state index in [2.05, 4.69) is 35.8 Å². The van der Waals surface area contributed by atoms with Crippen molar-refractivity contribution in [1.82, 2.24) is 9.80 Å². The fraction of sp³-hybridized carbons (Fsp3) is 0.800. The van der Waals surface area contributed by atoms with Crippen LogP contribution in [-0.2, 0) is 9.53 Å². The quantitative estimate of drug-likeness (QED) is 0.668. The molecule has 160 valence electrons. The Bertz CT molecular complexity index is 700. The third-order valence-corrected chi connectivity index (χ3v) is 8.65. The van der Waals surface area contributed by atoms with Crippen LogP contribution in [0, 0.1) is 17.3 Å². The SMILES string of the molecule is CC1=CCC[C@]2(C)C[C@H]3OC(=O)[C@@H](CN4CCN(C5CCCCC5)CC4)[C@H]3C=C12. The zero-order valence-corrected chi connectivity index (χ0v) is 18.4. The molecule has 2 saturated heterocycles. The lowest BCUT2D eigenvalue weighted by Gasteiger charge is -2.43. The highest BCUT2D eigenvalue weighted by Gasteiger charge is 2.51. The molecule has 4 atom stereocenters. The van der Waals surface area contributed by atoms with Gasteiger partial charge in [-0.05, 0) is 50.0 Å². The molecule has 0 bridgehead atoms. The molecular formula is C25H38N2O2. The normalized spacial score (nSPS) is 39.4. The van der Waals surface area contributed by atoms with Gasteiger partial charge in [-0.25, -0.2) is 0 Å². The van der Waals surface area contributed by atoms with E-state index in [0.29, 0.717) is 0 Å². The van der Waals surface area contributed by atoms with Crippen LogP contribution in [0.2, 0.25) is 0 Å². The van der Waals surface area contributed by atoms with Crippen molar-refractivity contribution in [2.75, 3.05) is 32.7 Å². The molecule has 0 unspecified atom stereocenters. The van der Waals surface area contributed by atoms with Crippen molar-refractivity contribution in [3.8, 4) is 0 Å². The van der Waals surface area contributed by atoms with Crippen molar-refractivity contribution in [3.05, 3.63) is 23.3 Å². The first-order chi connectivity index (χ1) is 14.0. The third kappa shape index (κ3) is 3.72. The molecule has 1 saturated carbocycles. The molecule has 2 heterocycles. The van der Waals surface area contributed by atoms with Crippen molar-refractivity contribution in [1.29, 1.82) is 0 Å². The summed E-state index contributed by atoms with van der Waals surface area (Å²) in [4.78, 5) is 18.1. The number of hydrogen-bond donors (Lipinski definition) is 0. The average molecular weight is 399 g/mol. The third-order valence-electron chi connectivity index (χ3n) is 8.65. The number of carbonyl (C=O) groups excluding carboxylic acids is 1. The summed E-state index contributed by atoms with van der Waals surface area (Å²) in [5.41, 5.74) is 3.12. The molecule has 2 aliphatic heterocycles. The van der Waals surface area contributed by atoms with E-state index in [4.69, 9.17) is 4.74 Å². The van der Waals surface area contributed by atoms with Gasteiger partial charge >= 0.3 is 5.97 Å². The van der Waals surface area contributed by atoms with Gasteiger partial charge in [0.05, 0.1) is 5.92 Å². The van der Waals surface area contributed by atoms with E-state index < -0.39 is 0 Å². The van der Waals surface area contributed by atoms with Gasteiger partial charge in [0.15, 0.2) is 0 Å². The second-order valence-electron chi connectivity index (χ2n) is 10.6. The first kappa shape index (κ1) is 19.8. The first-order valence-corrected chi connectivity index (χ1v) is 12.1. The van der Waals surface area contributed by atoms with Gasteiger partial charge in [0.1, 0.15) is 6.10 Å². The van der Waals surface area contributed by atoms with Crippen molar-refractivity contribution >= 4 is 5.97 Å². The lowest BCUT2D eigenvalue weighted by molar-refractivity contribution is -0.145. The zero-order chi connectivity index (χ0) is 20.0. The van der Waals surface area contributed by atoms with Gasteiger partial charge in [0, 0.05) is 44.7 Å². The van der Waals surface area contributed by atoms with Crippen molar-refractivity contribution in [2.24, 2.45) is 17.3 Å². The maximum absolute atomic E-state index is 12.8. The second-order valence-corrected chi connectivity index (χ2v) is 10.6. The lowest BCUT2D eigenvalue weighted by atomic mass is 9.62. The number of carbonyl (C=O) groups is 1. The monoisotopic (exact) mass is 398 g/mol.